The number of alkyl halides is 3. The van der Waals surface area contributed by atoms with Crippen LogP contribution in [0, 0.1) is 0 Å². The molecule has 5 heteroatoms. The molecule has 1 saturated heterocycles. The van der Waals surface area contributed by atoms with Gasteiger partial charge < -0.3 is 0 Å². The summed E-state index contributed by atoms with van der Waals surface area (Å²) >= 11 is 0. The molecule has 1 aliphatic rings. The van der Waals surface area contributed by atoms with E-state index in [4.69, 9.17) is 0 Å². The SMILES string of the molecule is FC(F)(F)c1ccc(CN2CCCCC2)cn1. The summed E-state index contributed by atoms with van der Waals surface area (Å²) in [5.41, 5.74) is 0.0276. The van der Waals surface area contributed by atoms with Crippen molar-refractivity contribution in [1.82, 2.24) is 9.88 Å². The summed E-state index contributed by atoms with van der Waals surface area (Å²) in [6.45, 7) is 2.76. The van der Waals surface area contributed by atoms with E-state index in [0.717, 1.165) is 24.7 Å². The van der Waals surface area contributed by atoms with Crippen molar-refractivity contribution in [3.05, 3.63) is 29.6 Å². The number of aromatic nitrogens is 1. The fourth-order valence-corrected chi connectivity index (χ4v) is 2.06. The smallest absolute Gasteiger partial charge is 0.299 e. The summed E-state index contributed by atoms with van der Waals surface area (Å²) < 4.78 is 36.9. The fourth-order valence-electron chi connectivity index (χ4n) is 2.06. The third-order valence-corrected chi connectivity index (χ3v) is 2.97. The molecule has 0 saturated carbocycles. The number of rotatable bonds is 2. The van der Waals surface area contributed by atoms with E-state index < -0.39 is 11.9 Å². The van der Waals surface area contributed by atoms with E-state index in [1.165, 1.54) is 31.5 Å². The zero-order chi connectivity index (χ0) is 12.3. The minimum absolute atomic E-state index is 0.700. The summed E-state index contributed by atoms with van der Waals surface area (Å²) in [4.78, 5) is 5.72. The molecule has 2 heterocycles. The molecule has 1 fully saturated rings. The Bertz CT molecular complexity index is 353. The lowest BCUT2D eigenvalue weighted by Gasteiger charge is -2.26. The zero-order valence-electron chi connectivity index (χ0n) is 9.50. The van der Waals surface area contributed by atoms with E-state index in [-0.39, 0.29) is 0 Å². The van der Waals surface area contributed by atoms with Gasteiger partial charge in [0.05, 0.1) is 0 Å². The minimum atomic E-state index is -4.34. The number of hydrogen-bond donors (Lipinski definition) is 0. The lowest BCUT2D eigenvalue weighted by Crippen LogP contribution is -2.29. The highest BCUT2D eigenvalue weighted by Crippen LogP contribution is 2.27. The summed E-state index contributed by atoms with van der Waals surface area (Å²) in [5.74, 6) is 0. The quantitative estimate of drug-likeness (QED) is 0.794. The molecule has 0 aliphatic carbocycles. The van der Waals surface area contributed by atoms with Gasteiger partial charge in [0, 0.05) is 12.7 Å². The average Bonchev–Trinajstić information content (AvgIpc) is 2.30. The molecule has 17 heavy (non-hydrogen) atoms. The summed E-state index contributed by atoms with van der Waals surface area (Å²) in [7, 11) is 0. The van der Waals surface area contributed by atoms with Gasteiger partial charge in [0.15, 0.2) is 0 Å². The number of piperidine rings is 1. The second-order valence-corrected chi connectivity index (χ2v) is 4.39. The number of pyridine rings is 1. The molecule has 0 N–H and O–H groups in total. The molecule has 1 aromatic rings. The maximum absolute atomic E-state index is 12.3. The Balaban J connectivity index is 1.98. The first-order valence-electron chi connectivity index (χ1n) is 5.80. The third-order valence-electron chi connectivity index (χ3n) is 2.97. The largest absolute Gasteiger partial charge is 0.433 e. The van der Waals surface area contributed by atoms with E-state index >= 15 is 0 Å². The van der Waals surface area contributed by atoms with Crippen LogP contribution in [0.25, 0.3) is 0 Å². The van der Waals surface area contributed by atoms with E-state index in [9.17, 15) is 13.2 Å². The van der Waals surface area contributed by atoms with Crippen LogP contribution in [0.5, 0.6) is 0 Å². The Morgan fingerprint density at radius 2 is 1.82 bits per heavy atom. The van der Waals surface area contributed by atoms with Gasteiger partial charge in [-0.15, -0.1) is 0 Å². The molecular formula is C12H15F3N2. The minimum Gasteiger partial charge on any atom is -0.299 e. The molecule has 0 bridgehead atoms. The summed E-state index contributed by atoms with van der Waals surface area (Å²) in [6, 6.07) is 2.57. The van der Waals surface area contributed by atoms with Gasteiger partial charge in [-0.25, -0.2) is 0 Å². The molecular weight excluding hydrogens is 229 g/mol. The van der Waals surface area contributed by atoms with Crippen molar-refractivity contribution in [1.29, 1.82) is 0 Å². The summed E-state index contributed by atoms with van der Waals surface area (Å²) in [5, 5.41) is 0. The molecule has 0 spiro atoms. The molecule has 2 rings (SSSR count). The lowest BCUT2D eigenvalue weighted by molar-refractivity contribution is -0.141. The van der Waals surface area contributed by atoms with Crippen LogP contribution in [0.4, 0.5) is 13.2 Å². The number of nitrogens with zero attached hydrogens (tertiary/aromatic N) is 2. The van der Waals surface area contributed by atoms with Crippen LogP contribution in [0.2, 0.25) is 0 Å². The van der Waals surface area contributed by atoms with Gasteiger partial charge in [0.1, 0.15) is 5.69 Å². The van der Waals surface area contributed by atoms with E-state index in [1.807, 2.05) is 0 Å². The van der Waals surface area contributed by atoms with Crippen LogP contribution in [0.3, 0.4) is 0 Å². The van der Waals surface area contributed by atoms with Gasteiger partial charge in [-0.2, -0.15) is 13.2 Å². The molecule has 0 unspecified atom stereocenters. The van der Waals surface area contributed by atoms with Crippen LogP contribution in [0.1, 0.15) is 30.5 Å². The zero-order valence-corrected chi connectivity index (χ0v) is 9.50. The topological polar surface area (TPSA) is 16.1 Å². The number of hydrogen-bond acceptors (Lipinski definition) is 2. The van der Waals surface area contributed by atoms with Gasteiger partial charge in [0.25, 0.3) is 0 Å². The van der Waals surface area contributed by atoms with E-state index in [2.05, 4.69) is 9.88 Å². The Hall–Kier alpha value is -1.10. The Morgan fingerprint density at radius 3 is 2.35 bits per heavy atom. The summed E-state index contributed by atoms with van der Waals surface area (Å²) in [6.07, 6.45) is 0.588. The highest BCUT2D eigenvalue weighted by molar-refractivity contribution is 5.15. The van der Waals surface area contributed by atoms with E-state index in [0.29, 0.717) is 6.54 Å². The van der Waals surface area contributed by atoms with E-state index in [1.54, 1.807) is 0 Å². The molecule has 1 aliphatic heterocycles. The molecule has 1 aromatic heterocycles. The maximum atomic E-state index is 12.3. The highest BCUT2D eigenvalue weighted by Gasteiger charge is 2.32. The van der Waals surface area contributed by atoms with Crippen molar-refractivity contribution >= 4 is 0 Å². The molecule has 0 amide bonds. The second-order valence-electron chi connectivity index (χ2n) is 4.39. The molecule has 0 atom stereocenters. The molecule has 94 valence electrons. The molecule has 0 aromatic carbocycles. The molecule has 2 nitrogen and oxygen atoms in total. The van der Waals surface area contributed by atoms with Crippen molar-refractivity contribution in [3.63, 3.8) is 0 Å². The first kappa shape index (κ1) is 12.4. The van der Waals surface area contributed by atoms with Crippen LogP contribution in [0.15, 0.2) is 18.3 Å². The molecule has 0 radical (unpaired) electrons. The number of likely N-dealkylation sites (tertiary alicyclic amines) is 1. The first-order chi connectivity index (χ1) is 8.05. The predicted octanol–water partition coefficient (Wildman–Crippen LogP) is 3.09. The van der Waals surface area contributed by atoms with Crippen LogP contribution in [-0.2, 0) is 12.7 Å². The standard InChI is InChI=1S/C12H15F3N2/c13-12(14,15)11-5-4-10(8-16-11)9-17-6-2-1-3-7-17/h4-5,8H,1-3,6-7,9H2. The van der Waals surface area contributed by atoms with Crippen LogP contribution < -0.4 is 0 Å². The Labute approximate surface area is 98.5 Å². The van der Waals surface area contributed by atoms with Crippen molar-refractivity contribution < 1.29 is 13.2 Å². The van der Waals surface area contributed by atoms with Crippen molar-refractivity contribution in [2.45, 2.75) is 32.0 Å². The fraction of sp³-hybridized carbons (Fsp3) is 0.583. The monoisotopic (exact) mass is 244 g/mol. The normalized spacial score (nSPS) is 18.3. The van der Waals surface area contributed by atoms with Crippen molar-refractivity contribution in [2.75, 3.05) is 13.1 Å². The predicted molar refractivity (Wildman–Crippen MR) is 58.4 cm³/mol. The maximum Gasteiger partial charge on any atom is 0.433 e. The van der Waals surface area contributed by atoms with Crippen LogP contribution >= 0.6 is 0 Å². The highest BCUT2D eigenvalue weighted by atomic mass is 19.4. The Morgan fingerprint density at radius 1 is 1.12 bits per heavy atom. The second kappa shape index (κ2) is 5.04. The van der Waals surface area contributed by atoms with Gasteiger partial charge >= 0.3 is 6.18 Å². The average molecular weight is 244 g/mol. The van der Waals surface area contributed by atoms with Gasteiger partial charge in [0.2, 0.25) is 0 Å². The lowest BCUT2D eigenvalue weighted by atomic mass is 10.1. The third kappa shape index (κ3) is 3.43. The van der Waals surface area contributed by atoms with Crippen molar-refractivity contribution in [3.8, 4) is 0 Å². The number of halogens is 3. The van der Waals surface area contributed by atoms with Crippen LogP contribution in [-0.4, -0.2) is 23.0 Å². The first-order valence-corrected chi connectivity index (χ1v) is 5.80. The van der Waals surface area contributed by atoms with Crippen molar-refractivity contribution in [2.24, 2.45) is 0 Å². The Kier molecular flexibility index (Phi) is 3.66. The van der Waals surface area contributed by atoms with Gasteiger partial charge in [-0.3, -0.25) is 9.88 Å². The van der Waals surface area contributed by atoms with Gasteiger partial charge in [-0.05, 0) is 37.6 Å². The van der Waals surface area contributed by atoms with Gasteiger partial charge in [-0.1, -0.05) is 12.5 Å².